The summed E-state index contributed by atoms with van der Waals surface area (Å²) in [4.78, 5) is 38.0. The van der Waals surface area contributed by atoms with Crippen LogP contribution in [-0.2, 0) is 15.3 Å². The van der Waals surface area contributed by atoms with Crippen molar-refractivity contribution in [2.24, 2.45) is 5.73 Å². The molecule has 2 atom stereocenters. The van der Waals surface area contributed by atoms with E-state index in [0.717, 1.165) is 4.90 Å². The van der Waals surface area contributed by atoms with Crippen molar-refractivity contribution in [2.45, 2.75) is 43.1 Å². The van der Waals surface area contributed by atoms with Gasteiger partial charge in [-0.3, -0.25) is 4.79 Å². The third-order valence-electron chi connectivity index (χ3n) is 5.27. The molecule has 32 heavy (non-hydrogen) atoms. The van der Waals surface area contributed by atoms with Crippen molar-refractivity contribution in [2.75, 3.05) is 18.1 Å². The first-order chi connectivity index (χ1) is 15.4. The second-order valence-corrected chi connectivity index (χ2v) is 9.53. The number of β-amino-alcohol motifs (C(OH)–C–C–N with tert-alkyl or cyclic N) is 1. The second-order valence-electron chi connectivity index (χ2n) is 7.48. The Morgan fingerprint density at radius 3 is 2.75 bits per heavy atom. The molecule has 1 aliphatic heterocycles. The summed E-state index contributed by atoms with van der Waals surface area (Å²) in [5, 5.41) is 10.9. The number of nitrogens with zero attached hydrogens (tertiary/aromatic N) is 3. The number of nitrogens with two attached hydrogens (primary N) is 1. The summed E-state index contributed by atoms with van der Waals surface area (Å²) < 4.78 is 5.21. The van der Waals surface area contributed by atoms with Gasteiger partial charge in [-0.25, -0.2) is 14.8 Å². The zero-order chi connectivity index (χ0) is 22.8. The van der Waals surface area contributed by atoms with Crippen LogP contribution in [-0.4, -0.2) is 52.2 Å². The Morgan fingerprint density at radius 2 is 2.06 bits per heavy atom. The minimum atomic E-state index is -0.692. The molecule has 168 valence electrons. The van der Waals surface area contributed by atoms with Crippen molar-refractivity contribution in [1.29, 1.82) is 0 Å². The van der Waals surface area contributed by atoms with Crippen LogP contribution < -0.4 is 10.6 Å². The summed E-state index contributed by atoms with van der Waals surface area (Å²) in [5.74, 6) is 0.668. The number of carbonyl (C=O) groups excluding carboxylic acids is 2. The number of anilines is 1. The average Bonchev–Trinajstić information content (AvgIpc) is 3.33. The Morgan fingerprint density at radius 1 is 1.31 bits per heavy atom. The molecule has 0 unspecified atom stereocenters. The lowest BCUT2D eigenvalue weighted by Gasteiger charge is -2.24. The minimum Gasteiger partial charge on any atom is -0.462 e. The van der Waals surface area contributed by atoms with Gasteiger partial charge in [0.15, 0.2) is 0 Å². The molecule has 1 amide bonds. The van der Waals surface area contributed by atoms with Crippen molar-refractivity contribution in [3.8, 4) is 0 Å². The fourth-order valence-electron chi connectivity index (χ4n) is 3.81. The van der Waals surface area contributed by atoms with Crippen LogP contribution in [0.25, 0.3) is 10.2 Å². The number of esters is 1. The highest BCUT2D eigenvalue weighted by Gasteiger charge is 2.37. The predicted molar refractivity (Wildman–Crippen MR) is 125 cm³/mol. The van der Waals surface area contributed by atoms with E-state index in [-0.39, 0.29) is 19.6 Å². The van der Waals surface area contributed by atoms with E-state index < -0.39 is 24.0 Å². The highest BCUT2D eigenvalue weighted by Crippen LogP contribution is 2.39. The molecule has 8 nitrogen and oxygen atoms in total. The van der Waals surface area contributed by atoms with Gasteiger partial charge < -0.3 is 20.5 Å². The molecular formula is C22H24N4O4S2. The van der Waals surface area contributed by atoms with Gasteiger partial charge in [-0.15, -0.1) is 23.1 Å². The van der Waals surface area contributed by atoms with E-state index in [0.29, 0.717) is 38.1 Å². The largest absolute Gasteiger partial charge is 0.462 e. The number of rotatable bonds is 7. The Balaban J connectivity index is 1.80. The quantitative estimate of drug-likeness (QED) is 0.398. The number of hydrogen-bond acceptors (Lipinski definition) is 9. The van der Waals surface area contributed by atoms with E-state index in [4.69, 9.17) is 20.4 Å². The van der Waals surface area contributed by atoms with Crippen molar-refractivity contribution in [3.63, 3.8) is 0 Å². The smallest absolute Gasteiger partial charge is 0.348 e. The van der Waals surface area contributed by atoms with Crippen LogP contribution in [0.15, 0.2) is 35.2 Å². The Kier molecular flexibility index (Phi) is 6.63. The second kappa shape index (κ2) is 9.43. The lowest BCUT2D eigenvalue weighted by Crippen LogP contribution is -2.41. The lowest BCUT2D eigenvalue weighted by molar-refractivity contribution is -0.119. The van der Waals surface area contributed by atoms with Gasteiger partial charge in [-0.05, 0) is 31.5 Å². The van der Waals surface area contributed by atoms with E-state index in [2.05, 4.69) is 0 Å². The van der Waals surface area contributed by atoms with Crippen LogP contribution in [0.1, 0.15) is 34.4 Å². The molecule has 1 aromatic carbocycles. The first kappa shape index (κ1) is 22.5. The van der Waals surface area contributed by atoms with Crippen LogP contribution in [0.3, 0.4) is 0 Å². The van der Waals surface area contributed by atoms with Gasteiger partial charge in [-0.1, -0.05) is 18.2 Å². The molecule has 0 bridgehead atoms. The predicted octanol–water partition coefficient (Wildman–Crippen LogP) is 2.89. The number of aliphatic hydroxyl groups is 1. The number of hydrogen-bond donors (Lipinski definition) is 2. The SMILES string of the molecule is CCOC(=O)c1sc2nc(CSc3ccccc3)nc(N3C[C@@H](O)C[C@H]3C(N)=O)c2c1C. The topological polar surface area (TPSA) is 119 Å². The van der Waals surface area contributed by atoms with Crippen molar-refractivity contribution >= 4 is 51.0 Å². The fourth-order valence-corrected chi connectivity index (χ4v) is 5.67. The zero-order valence-electron chi connectivity index (χ0n) is 17.8. The number of fused-ring (bicyclic) bond motifs is 1. The van der Waals surface area contributed by atoms with Crippen LogP contribution >= 0.6 is 23.1 Å². The van der Waals surface area contributed by atoms with Crippen LogP contribution in [0, 0.1) is 6.92 Å². The molecule has 0 aliphatic carbocycles. The molecule has 1 fully saturated rings. The summed E-state index contributed by atoms with van der Waals surface area (Å²) in [7, 11) is 0. The van der Waals surface area contributed by atoms with Crippen molar-refractivity contribution < 1.29 is 19.4 Å². The molecule has 3 N–H and O–H groups in total. The first-order valence-corrected chi connectivity index (χ1v) is 12.1. The van der Waals surface area contributed by atoms with Crippen molar-refractivity contribution in [3.05, 3.63) is 46.6 Å². The summed E-state index contributed by atoms with van der Waals surface area (Å²) in [5.41, 5.74) is 6.32. The van der Waals surface area contributed by atoms with E-state index in [1.165, 1.54) is 11.3 Å². The molecule has 0 saturated carbocycles. The summed E-state index contributed by atoms with van der Waals surface area (Å²) in [6.45, 7) is 4.08. The van der Waals surface area contributed by atoms with Crippen molar-refractivity contribution in [1.82, 2.24) is 9.97 Å². The Hall–Kier alpha value is -2.69. The number of thioether (sulfide) groups is 1. The number of carbonyl (C=O) groups is 2. The lowest BCUT2D eigenvalue weighted by atomic mass is 10.1. The monoisotopic (exact) mass is 472 g/mol. The minimum absolute atomic E-state index is 0.231. The van der Waals surface area contributed by atoms with Gasteiger partial charge in [0.05, 0.1) is 23.8 Å². The number of ether oxygens (including phenoxy) is 1. The van der Waals surface area contributed by atoms with Crippen LogP contribution in [0.2, 0.25) is 0 Å². The van der Waals surface area contributed by atoms with Gasteiger partial charge in [0.1, 0.15) is 27.4 Å². The van der Waals surface area contributed by atoms with Gasteiger partial charge in [0, 0.05) is 17.9 Å². The van der Waals surface area contributed by atoms with Crippen LogP contribution in [0.4, 0.5) is 5.82 Å². The van der Waals surface area contributed by atoms with Gasteiger partial charge in [0.25, 0.3) is 0 Å². The zero-order valence-corrected chi connectivity index (χ0v) is 19.4. The van der Waals surface area contributed by atoms with Gasteiger partial charge in [-0.2, -0.15) is 0 Å². The highest BCUT2D eigenvalue weighted by molar-refractivity contribution is 7.98. The van der Waals surface area contributed by atoms with E-state index in [9.17, 15) is 14.7 Å². The standard InChI is InChI=1S/C22H24N4O4S2/c1-3-30-22(29)18-12(2)17-20(26-10-13(27)9-15(26)19(23)28)24-16(25-21(17)32-18)11-31-14-7-5-4-6-8-14/h4-8,13,15,27H,3,9-11H2,1-2H3,(H2,23,28)/t13-,15-/m0/s1. The molecule has 1 aliphatic rings. The molecule has 0 spiro atoms. The number of thiophene rings is 1. The Labute approximate surface area is 193 Å². The van der Waals surface area contributed by atoms with Gasteiger partial charge in [0.2, 0.25) is 5.91 Å². The number of aryl methyl sites for hydroxylation is 1. The maximum Gasteiger partial charge on any atom is 0.348 e. The number of benzene rings is 1. The third-order valence-corrected chi connectivity index (χ3v) is 7.44. The molecule has 4 rings (SSSR count). The van der Waals surface area contributed by atoms with Gasteiger partial charge >= 0.3 is 5.97 Å². The molecule has 1 saturated heterocycles. The van der Waals surface area contributed by atoms with E-state index in [1.807, 2.05) is 37.3 Å². The number of aliphatic hydroxyl groups excluding tert-OH is 1. The number of aromatic nitrogens is 2. The molecule has 10 heteroatoms. The molecule has 2 aromatic heterocycles. The molecule has 3 aromatic rings. The molecule has 3 heterocycles. The average molecular weight is 473 g/mol. The third kappa shape index (κ3) is 4.43. The normalized spacial score (nSPS) is 18.3. The Bertz CT molecular complexity index is 1150. The fraction of sp³-hybridized carbons (Fsp3) is 0.364. The number of primary amides is 1. The maximum atomic E-state index is 12.5. The molecule has 0 radical (unpaired) electrons. The van der Waals surface area contributed by atoms with E-state index >= 15 is 0 Å². The maximum absolute atomic E-state index is 12.5. The molecular weight excluding hydrogens is 448 g/mol. The highest BCUT2D eigenvalue weighted by atomic mass is 32.2. The van der Waals surface area contributed by atoms with E-state index in [1.54, 1.807) is 23.6 Å². The number of amides is 1. The summed E-state index contributed by atoms with van der Waals surface area (Å²) >= 11 is 2.85. The van der Waals surface area contributed by atoms with Crippen LogP contribution in [0.5, 0.6) is 0 Å². The summed E-state index contributed by atoms with van der Waals surface area (Å²) in [6.07, 6.45) is -0.453. The summed E-state index contributed by atoms with van der Waals surface area (Å²) in [6, 6.07) is 9.24. The first-order valence-electron chi connectivity index (χ1n) is 10.3.